The second-order valence-corrected chi connectivity index (χ2v) is 11.7. The first-order valence-electron chi connectivity index (χ1n) is 12.8. The predicted molar refractivity (Wildman–Crippen MR) is 164 cm³/mol. The minimum Gasteiger partial charge on any atom is -0.497 e. The highest BCUT2D eigenvalue weighted by Gasteiger charge is 2.36. The molecular weight excluding hydrogens is 662 g/mol. The average molecular weight is 693 g/mol. The van der Waals surface area contributed by atoms with Crippen LogP contribution >= 0.6 is 43.2 Å². The van der Waals surface area contributed by atoms with E-state index in [1.165, 1.54) is 11.3 Å². The normalized spacial score (nSPS) is 15.0. The van der Waals surface area contributed by atoms with Crippen LogP contribution in [0.5, 0.6) is 17.2 Å². The smallest absolute Gasteiger partial charge is 0.271 e. The van der Waals surface area contributed by atoms with Gasteiger partial charge in [-0.3, -0.25) is 14.2 Å². The molecule has 212 valence electrons. The van der Waals surface area contributed by atoms with Gasteiger partial charge in [0.15, 0.2) is 4.80 Å². The summed E-state index contributed by atoms with van der Waals surface area (Å²) < 4.78 is 20.8. The van der Waals surface area contributed by atoms with Crippen LogP contribution in [-0.2, 0) is 4.79 Å². The minimum atomic E-state index is -0.767. The van der Waals surface area contributed by atoms with Crippen molar-refractivity contribution in [2.45, 2.75) is 33.7 Å². The van der Waals surface area contributed by atoms with E-state index in [9.17, 15) is 9.59 Å². The topological polar surface area (TPSA) is 82.4 Å². The number of aromatic nitrogens is 1. The van der Waals surface area contributed by atoms with Crippen LogP contribution in [0.1, 0.15) is 44.9 Å². The van der Waals surface area contributed by atoms with Gasteiger partial charge in [0, 0.05) is 28.7 Å². The second-order valence-electron chi connectivity index (χ2n) is 8.91. The number of allylic oxidation sites excluding steroid dienone is 1. The number of hydrogen-bond donors (Lipinski definition) is 0. The highest BCUT2D eigenvalue weighted by Crippen LogP contribution is 2.38. The Morgan fingerprint density at radius 1 is 1.12 bits per heavy atom. The van der Waals surface area contributed by atoms with Gasteiger partial charge in [0.05, 0.1) is 41.1 Å². The number of hydrogen-bond acceptors (Lipinski definition) is 7. The fourth-order valence-electron chi connectivity index (χ4n) is 4.75. The lowest BCUT2D eigenvalue weighted by molar-refractivity contribution is -0.127. The number of carbonyl (C=O) groups excluding carboxylic acids is 1. The molecule has 1 aromatic heterocycles. The summed E-state index contributed by atoms with van der Waals surface area (Å²) in [5.74, 6) is 1.58. The van der Waals surface area contributed by atoms with Crippen LogP contribution in [0, 0.1) is 0 Å². The predicted octanol–water partition coefficient (Wildman–Crippen LogP) is 5.04. The molecule has 2 heterocycles. The number of ether oxygens (including phenoxy) is 3. The molecule has 11 heteroatoms. The zero-order chi connectivity index (χ0) is 29.1. The van der Waals surface area contributed by atoms with E-state index in [2.05, 4.69) is 31.9 Å². The molecule has 1 aliphatic heterocycles. The summed E-state index contributed by atoms with van der Waals surface area (Å²) in [5.41, 5.74) is 2.09. The lowest BCUT2D eigenvalue weighted by atomic mass is 9.93. The lowest BCUT2D eigenvalue weighted by Crippen LogP contribution is -2.43. The highest BCUT2D eigenvalue weighted by atomic mass is 79.9. The number of likely N-dealkylation sites (N-methyl/N-ethyl adjacent to an activating group) is 1. The number of halogens is 2. The van der Waals surface area contributed by atoms with Crippen LogP contribution in [0.4, 0.5) is 0 Å². The molecule has 0 bridgehead atoms. The molecular formula is C29H31Br2N3O5S. The van der Waals surface area contributed by atoms with E-state index in [1.54, 1.807) is 41.9 Å². The number of amides is 1. The van der Waals surface area contributed by atoms with Crippen LogP contribution in [-0.4, -0.2) is 49.3 Å². The Hall–Kier alpha value is -2.89. The molecule has 3 aromatic rings. The van der Waals surface area contributed by atoms with Crippen molar-refractivity contribution in [2.24, 2.45) is 4.99 Å². The van der Waals surface area contributed by atoms with Crippen LogP contribution in [0.3, 0.4) is 0 Å². The summed E-state index contributed by atoms with van der Waals surface area (Å²) in [6.45, 7) is 9.09. The summed E-state index contributed by atoms with van der Waals surface area (Å²) in [7, 11) is 3.14. The molecule has 1 atom stereocenters. The molecule has 0 fully saturated rings. The van der Waals surface area contributed by atoms with Crippen LogP contribution < -0.4 is 29.1 Å². The third-order valence-corrected chi connectivity index (χ3v) is 8.68. The van der Waals surface area contributed by atoms with Gasteiger partial charge in [0.2, 0.25) is 0 Å². The molecule has 0 saturated heterocycles. The summed E-state index contributed by atoms with van der Waals surface area (Å²) in [5, 5.41) is 0. The molecule has 40 heavy (non-hydrogen) atoms. The molecule has 2 aromatic carbocycles. The van der Waals surface area contributed by atoms with Crippen molar-refractivity contribution in [1.82, 2.24) is 9.47 Å². The van der Waals surface area contributed by atoms with Crippen LogP contribution in [0.15, 0.2) is 60.3 Å². The molecule has 0 radical (unpaired) electrons. The fraction of sp³-hybridized carbons (Fsp3) is 0.345. The Balaban J connectivity index is 2.05. The molecule has 0 N–H and O–H groups in total. The van der Waals surface area contributed by atoms with E-state index < -0.39 is 6.04 Å². The number of rotatable bonds is 9. The Kier molecular flexibility index (Phi) is 9.58. The van der Waals surface area contributed by atoms with Gasteiger partial charge in [-0.15, -0.1) is 0 Å². The molecule has 0 aliphatic carbocycles. The first kappa shape index (κ1) is 30.1. The minimum absolute atomic E-state index is 0.176. The van der Waals surface area contributed by atoms with Gasteiger partial charge in [0.25, 0.3) is 11.5 Å². The van der Waals surface area contributed by atoms with Crippen molar-refractivity contribution < 1.29 is 19.0 Å². The fourth-order valence-corrected chi connectivity index (χ4v) is 7.16. The molecule has 1 aliphatic rings. The maximum Gasteiger partial charge on any atom is 0.271 e. The summed E-state index contributed by atoms with van der Waals surface area (Å²) in [6, 6.07) is 8.41. The Morgan fingerprint density at radius 3 is 2.48 bits per heavy atom. The van der Waals surface area contributed by atoms with E-state index in [-0.39, 0.29) is 11.5 Å². The molecule has 1 amide bonds. The van der Waals surface area contributed by atoms with Crippen molar-refractivity contribution in [2.75, 3.05) is 33.9 Å². The molecule has 0 spiro atoms. The SMILES string of the molecule is CCOc1c(Br)cc(Br)cc1/C=c1/sc2n(c1=O)[C@H](c1cc(OC)ccc1OC)C(C(=O)N(CC)CC)=C(C)N=2. The van der Waals surface area contributed by atoms with E-state index in [1.807, 2.05) is 45.9 Å². The summed E-state index contributed by atoms with van der Waals surface area (Å²) >= 11 is 8.37. The van der Waals surface area contributed by atoms with E-state index in [0.717, 1.165) is 14.5 Å². The number of benzene rings is 2. The summed E-state index contributed by atoms with van der Waals surface area (Å²) in [6.07, 6.45) is 1.80. The third-order valence-electron chi connectivity index (χ3n) is 6.65. The molecule has 0 saturated carbocycles. The maximum atomic E-state index is 14.2. The van der Waals surface area contributed by atoms with Gasteiger partial charge >= 0.3 is 0 Å². The van der Waals surface area contributed by atoms with Crippen molar-refractivity contribution in [1.29, 1.82) is 0 Å². The first-order valence-corrected chi connectivity index (χ1v) is 15.2. The van der Waals surface area contributed by atoms with Gasteiger partial charge in [-0.25, -0.2) is 4.99 Å². The zero-order valence-corrected chi connectivity index (χ0v) is 27.2. The van der Waals surface area contributed by atoms with E-state index in [4.69, 9.17) is 19.2 Å². The van der Waals surface area contributed by atoms with Crippen molar-refractivity contribution in [3.8, 4) is 17.2 Å². The van der Waals surface area contributed by atoms with Gasteiger partial charge in [0.1, 0.15) is 23.3 Å². The Bertz CT molecular complexity index is 1660. The Labute approximate surface area is 253 Å². The van der Waals surface area contributed by atoms with Crippen molar-refractivity contribution in [3.63, 3.8) is 0 Å². The third kappa shape index (κ3) is 5.64. The number of methoxy groups -OCH3 is 2. The molecule has 0 unspecified atom stereocenters. The summed E-state index contributed by atoms with van der Waals surface area (Å²) in [4.78, 5) is 35.1. The van der Waals surface area contributed by atoms with Gasteiger partial charge < -0.3 is 19.1 Å². The standard InChI is InChI=1S/C29H31Br2N3O5S/c1-7-33(8-2)28(36)24-16(4)32-29-34(25(24)20-15-19(37-5)10-11-22(20)38-6)27(35)23(40-29)13-17-12-18(30)14-21(31)26(17)39-9-3/h10-15,25H,7-9H2,1-6H3/b23-13+/t25-/m1/s1. The number of thiazole rings is 1. The lowest BCUT2D eigenvalue weighted by Gasteiger charge is -2.30. The number of carbonyl (C=O) groups is 1. The van der Waals surface area contributed by atoms with Crippen LogP contribution in [0.25, 0.3) is 6.08 Å². The van der Waals surface area contributed by atoms with Crippen molar-refractivity contribution >= 4 is 55.2 Å². The van der Waals surface area contributed by atoms with Gasteiger partial charge in [-0.2, -0.15) is 0 Å². The number of nitrogens with zero attached hydrogens (tertiary/aromatic N) is 3. The van der Waals surface area contributed by atoms with E-state index >= 15 is 0 Å². The maximum absolute atomic E-state index is 14.2. The largest absolute Gasteiger partial charge is 0.497 e. The van der Waals surface area contributed by atoms with Crippen LogP contribution in [0.2, 0.25) is 0 Å². The van der Waals surface area contributed by atoms with Crippen molar-refractivity contribution in [3.05, 3.63) is 81.4 Å². The zero-order valence-electron chi connectivity index (χ0n) is 23.2. The van der Waals surface area contributed by atoms with E-state index in [0.29, 0.717) is 63.1 Å². The quantitative estimate of drug-likeness (QED) is 0.314. The average Bonchev–Trinajstić information content (AvgIpc) is 3.23. The monoisotopic (exact) mass is 691 g/mol. The second kappa shape index (κ2) is 12.7. The molecule has 8 nitrogen and oxygen atoms in total. The van der Waals surface area contributed by atoms with Gasteiger partial charge in [-0.1, -0.05) is 27.3 Å². The highest BCUT2D eigenvalue weighted by molar-refractivity contribution is 9.11. The molecule has 4 rings (SSSR count). The first-order chi connectivity index (χ1) is 19.2. The van der Waals surface area contributed by atoms with Gasteiger partial charge in [-0.05, 0) is 80.0 Å². The number of fused-ring (bicyclic) bond motifs is 1. The Morgan fingerprint density at radius 2 is 1.85 bits per heavy atom.